The highest BCUT2D eigenvalue weighted by molar-refractivity contribution is 6.30. The van der Waals surface area contributed by atoms with Crippen LogP contribution in [0.15, 0.2) is 36.0 Å². The van der Waals surface area contributed by atoms with Crippen LogP contribution in [0.2, 0.25) is 5.02 Å². The highest BCUT2D eigenvalue weighted by Gasteiger charge is 2.47. The Bertz CT molecular complexity index is 579. The topological polar surface area (TPSA) is 66.4 Å². The van der Waals surface area contributed by atoms with Crippen molar-refractivity contribution in [1.82, 2.24) is 0 Å². The molecule has 1 aromatic rings. The number of anilines is 1. The predicted molar refractivity (Wildman–Crippen MR) is 77.7 cm³/mol. The Morgan fingerprint density at radius 3 is 2.50 bits per heavy atom. The number of carbonyl (C=O) groups is 2. The summed E-state index contributed by atoms with van der Waals surface area (Å²) >= 11 is 5.81. The quantitative estimate of drug-likeness (QED) is 0.839. The Kier molecular flexibility index (Phi) is 3.86. The van der Waals surface area contributed by atoms with Crippen LogP contribution in [0.3, 0.4) is 0 Å². The second-order valence-electron chi connectivity index (χ2n) is 5.28. The third kappa shape index (κ3) is 2.56. The maximum atomic E-state index is 12.1. The van der Waals surface area contributed by atoms with E-state index in [0.29, 0.717) is 11.4 Å². The van der Waals surface area contributed by atoms with Crippen LogP contribution < -0.4 is 5.32 Å². The predicted octanol–water partition coefficient (Wildman–Crippen LogP) is 3.34. The molecule has 20 heavy (non-hydrogen) atoms. The van der Waals surface area contributed by atoms with Crippen LogP contribution in [-0.2, 0) is 9.59 Å². The van der Waals surface area contributed by atoms with Crippen molar-refractivity contribution in [2.45, 2.75) is 20.3 Å². The van der Waals surface area contributed by atoms with Gasteiger partial charge in [-0.3, -0.25) is 9.59 Å². The maximum absolute atomic E-state index is 12.1. The molecule has 0 amide bonds. The summed E-state index contributed by atoms with van der Waals surface area (Å²) in [6.45, 7) is 3.26. The molecule has 0 fully saturated rings. The van der Waals surface area contributed by atoms with E-state index in [4.69, 9.17) is 11.6 Å². The minimum absolute atomic E-state index is 0.271. The van der Waals surface area contributed by atoms with Gasteiger partial charge in [-0.2, -0.15) is 0 Å². The third-order valence-electron chi connectivity index (χ3n) is 3.92. The van der Waals surface area contributed by atoms with Crippen LogP contribution in [0.5, 0.6) is 0 Å². The Morgan fingerprint density at radius 1 is 1.40 bits per heavy atom. The summed E-state index contributed by atoms with van der Waals surface area (Å²) in [7, 11) is 0. The van der Waals surface area contributed by atoms with Crippen LogP contribution in [0, 0.1) is 11.3 Å². The van der Waals surface area contributed by atoms with Crippen molar-refractivity contribution in [3.05, 3.63) is 41.1 Å². The lowest BCUT2D eigenvalue weighted by Gasteiger charge is -2.33. The lowest BCUT2D eigenvalue weighted by Crippen LogP contribution is -2.44. The summed E-state index contributed by atoms with van der Waals surface area (Å²) in [6, 6.07) is 7.12. The van der Waals surface area contributed by atoms with Crippen molar-refractivity contribution in [1.29, 1.82) is 0 Å². The van der Waals surface area contributed by atoms with Crippen LogP contribution in [0.4, 0.5) is 5.69 Å². The lowest BCUT2D eigenvalue weighted by molar-refractivity contribution is -0.156. The van der Waals surface area contributed by atoms with Crippen LogP contribution in [0.25, 0.3) is 0 Å². The van der Waals surface area contributed by atoms with E-state index >= 15 is 0 Å². The summed E-state index contributed by atoms with van der Waals surface area (Å²) in [5.41, 5.74) is 0.202. The second kappa shape index (κ2) is 5.29. The SMILES string of the molecule is CC1CC(Nc2ccc(Cl)cc2)=CC(=O)C1(C)C(=O)O. The standard InChI is InChI=1S/C15H16ClNO3/c1-9-7-12(8-13(18)15(9,2)14(19)20)17-11-5-3-10(16)4-6-11/h3-6,8-9,17H,7H2,1-2H3,(H,19,20). The summed E-state index contributed by atoms with van der Waals surface area (Å²) in [5.74, 6) is -1.72. The number of aliphatic carboxylic acids is 1. The molecular formula is C15H16ClNO3. The van der Waals surface area contributed by atoms with Crippen molar-refractivity contribution in [3.8, 4) is 0 Å². The molecule has 106 valence electrons. The molecule has 0 bridgehead atoms. The molecule has 0 spiro atoms. The smallest absolute Gasteiger partial charge is 0.317 e. The molecule has 0 aliphatic heterocycles. The molecule has 2 rings (SSSR count). The van der Waals surface area contributed by atoms with Gasteiger partial charge in [0, 0.05) is 22.5 Å². The highest BCUT2D eigenvalue weighted by Crippen LogP contribution is 2.38. The molecule has 1 aliphatic carbocycles. The molecule has 2 N–H and O–H groups in total. The molecule has 4 nitrogen and oxygen atoms in total. The molecule has 0 heterocycles. The van der Waals surface area contributed by atoms with Gasteiger partial charge in [-0.05, 0) is 43.5 Å². The number of ketones is 1. The number of carbonyl (C=O) groups excluding carboxylic acids is 1. The maximum Gasteiger partial charge on any atom is 0.317 e. The van der Waals surface area contributed by atoms with E-state index in [9.17, 15) is 14.7 Å². The van der Waals surface area contributed by atoms with E-state index in [1.54, 1.807) is 19.1 Å². The number of rotatable bonds is 3. The zero-order valence-corrected chi connectivity index (χ0v) is 12.1. The van der Waals surface area contributed by atoms with E-state index in [2.05, 4.69) is 5.32 Å². The molecule has 0 saturated heterocycles. The largest absolute Gasteiger partial charge is 0.480 e. The molecule has 2 unspecified atom stereocenters. The number of halogens is 1. The van der Waals surface area contributed by atoms with Crippen LogP contribution in [-0.4, -0.2) is 16.9 Å². The monoisotopic (exact) mass is 293 g/mol. The Balaban J connectivity index is 2.22. The summed E-state index contributed by atoms with van der Waals surface area (Å²) < 4.78 is 0. The number of allylic oxidation sites excluding steroid dienone is 2. The molecule has 0 saturated carbocycles. The van der Waals surface area contributed by atoms with Gasteiger partial charge in [0.05, 0.1) is 0 Å². The first-order valence-electron chi connectivity index (χ1n) is 6.35. The minimum Gasteiger partial charge on any atom is -0.480 e. The summed E-state index contributed by atoms with van der Waals surface area (Å²) in [5, 5.41) is 13.0. The van der Waals surface area contributed by atoms with Gasteiger partial charge in [-0.25, -0.2) is 0 Å². The zero-order valence-electron chi connectivity index (χ0n) is 11.3. The van der Waals surface area contributed by atoms with Crippen LogP contribution >= 0.6 is 11.6 Å². The van der Waals surface area contributed by atoms with E-state index < -0.39 is 11.4 Å². The van der Waals surface area contributed by atoms with Crippen molar-refractivity contribution >= 4 is 29.0 Å². The van der Waals surface area contributed by atoms with E-state index in [-0.39, 0.29) is 11.7 Å². The van der Waals surface area contributed by atoms with Gasteiger partial charge < -0.3 is 10.4 Å². The Hall–Kier alpha value is -1.81. The summed E-state index contributed by atoms with van der Waals surface area (Å²) in [6.07, 6.45) is 1.90. The molecule has 5 heteroatoms. The molecule has 1 aromatic carbocycles. The fourth-order valence-electron chi connectivity index (χ4n) is 2.27. The van der Waals surface area contributed by atoms with Gasteiger partial charge in [0.25, 0.3) is 0 Å². The van der Waals surface area contributed by atoms with Gasteiger partial charge >= 0.3 is 5.97 Å². The van der Waals surface area contributed by atoms with Gasteiger partial charge in [0.1, 0.15) is 5.41 Å². The second-order valence-corrected chi connectivity index (χ2v) is 5.71. The normalized spacial score (nSPS) is 26.1. The van der Waals surface area contributed by atoms with Crippen molar-refractivity contribution in [3.63, 3.8) is 0 Å². The number of carboxylic acids is 1. The Labute approximate surface area is 122 Å². The van der Waals surface area contributed by atoms with Crippen molar-refractivity contribution < 1.29 is 14.7 Å². The van der Waals surface area contributed by atoms with Gasteiger partial charge in [0.15, 0.2) is 5.78 Å². The lowest BCUT2D eigenvalue weighted by atomic mass is 9.69. The first-order valence-corrected chi connectivity index (χ1v) is 6.73. The number of hydrogen-bond donors (Lipinski definition) is 2. The average molecular weight is 294 g/mol. The van der Waals surface area contributed by atoms with Gasteiger partial charge in [0.2, 0.25) is 0 Å². The third-order valence-corrected chi connectivity index (χ3v) is 4.17. The zero-order chi connectivity index (χ0) is 14.9. The fourth-order valence-corrected chi connectivity index (χ4v) is 2.39. The highest BCUT2D eigenvalue weighted by atomic mass is 35.5. The van der Waals surface area contributed by atoms with E-state index in [0.717, 1.165) is 11.4 Å². The van der Waals surface area contributed by atoms with Crippen LogP contribution in [0.1, 0.15) is 20.3 Å². The molecule has 2 atom stereocenters. The average Bonchev–Trinajstić information content (AvgIpc) is 2.38. The minimum atomic E-state index is -1.34. The number of nitrogens with one attached hydrogen (secondary N) is 1. The van der Waals surface area contributed by atoms with Gasteiger partial charge in [-0.1, -0.05) is 18.5 Å². The first-order chi connectivity index (χ1) is 9.34. The van der Waals surface area contributed by atoms with Crippen molar-refractivity contribution in [2.24, 2.45) is 11.3 Å². The van der Waals surface area contributed by atoms with Crippen molar-refractivity contribution in [2.75, 3.05) is 5.32 Å². The number of benzene rings is 1. The van der Waals surface area contributed by atoms with E-state index in [1.165, 1.54) is 13.0 Å². The first kappa shape index (κ1) is 14.6. The van der Waals surface area contributed by atoms with Gasteiger partial charge in [-0.15, -0.1) is 0 Å². The number of carboxylic acid groups (broad SMARTS) is 1. The molecular weight excluding hydrogens is 278 g/mol. The Morgan fingerprint density at radius 2 is 2.00 bits per heavy atom. The van der Waals surface area contributed by atoms with E-state index in [1.807, 2.05) is 12.1 Å². The molecule has 1 aliphatic rings. The molecule has 0 radical (unpaired) electrons. The summed E-state index contributed by atoms with van der Waals surface area (Å²) in [4.78, 5) is 23.4. The molecule has 0 aromatic heterocycles. The number of hydrogen-bond acceptors (Lipinski definition) is 3. The fraction of sp³-hybridized carbons (Fsp3) is 0.333.